The van der Waals surface area contributed by atoms with Gasteiger partial charge in [-0.05, 0) is 42.2 Å². The number of nitrogens with zero attached hydrogens (tertiary/aromatic N) is 2. The van der Waals surface area contributed by atoms with Gasteiger partial charge in [-0.3, -0.25) is 4.90 Å². The van der Waals surface area contributed by atoms with Gasteiger partial charge in [0.25, 0.3) is 0 Å². The zero-order chi connectivity index (χ0) is 22.6. The van der Waals surface area contributed by atoms with Gasteiger partial charge in [-0.15, -0.1) is 0 Å². The van der Waals surface area contributed by atoms with E-state index in [-0.39, 0.29) is 0 Å². The number of hydrogen-bond donors (Lipinski definition) is 2. The first-order chi connectivity index (χ1) is 15.7. The van der Waals surface area contributed by atoms with E-state index < -0.39 is 0 Å². The highest BCUT2D eigenvalue weighted by atomic mass is 16.5. The molecule has 0 radical (unpaired) electrons. The lowest BCUT2D eigenvalue weighted by Crippen LogP contribution is -2.38. The third kappa shape index (κ3) is 7.43. The molecule has 0 saturated carbocycles. The molecule has 3 rings (SSSR count). The van der Waals surface area contributed by atoms with E-state index in [4.69, 9.17) is 19.2 Å². The van der Waals surface area contributed by atoms with E-state index >= 15 is 0 Å². The largest absolute Gasteiger partial charge is 0.493 e. The number of hydrogen-bond acceptors (Lipinski definition) is 5. The highest BCUT2D eigenvalue weighted by Crippen LogP contribution is 2.27. The minimum absolute atomic E-state index is 0.642. The van der Waals surface area contributed by atoms with E-state index in [1.807, 2.05) is 12.1 Å². The van der Waals surface area contributed by atoms with Crippen LogP contribution in [0.2, 0.25) is 0 Å². The summed E-state index contributed by atoms with van der Waals surface area (Å²) in [5, 5.41) is 6.74. The molecule has 0 atom stereocenters. The van der Waals surface area contributed by atoms with Gasteiger partial charge in [0.15, 0.2) is 17.5 Å². The second-order valence-electron chi connectivity index (χ2n) is 7.77. The molecule has 1 fully saturated rings. The molecule has 0 aromatic heterocycles. The van der Waals surface area contributed by atoms with E-state index in [0.717, 1.165) is 69.8 Å². The first kappa shape index (κ1) is 23.9. The van der Waals surface area contributed by atoms with Gasteiger partial charge in [0, 0.05) is 32.7 Å². The fourth-order valence-corrected chi connectivity index (χ4v) is 3.64. The number of rotatable bonds is 10. The van der Waals surface area contributed by atoms with Crippen LogP contribution >= 0.6 is 0 Å². The lowest BCUT2D eigenvalue weighted by atomic mass is 10.1. The molecule has 1 aliphatic rings. The number of morpholine rings is 1. The Morgan fingerprint density at radius 1 is 0.938 bits per heavy atom. The Labute approximate surface area is 191 Å². The average Bonchev–Trinajstić information content (AvgIpc) is 2.84. The molecule has 0 spiro atoms. The third-order valence-electron chi connectivity index (χ3n) is 5.45. The van der Waals surface area contributed by atoms with Crippen molar-refractivity contribution < 1.29 is 14.2 Å². The zero-order valence-corrected chi connectivity index (χ0v) is 19.5. The Hall–Kier alpha value is -2.77. The number of ether oxygens (including phenoxy) is 3. The van der Waals surface area contributed by atoms with E-state index in [9.17, 15) is 0 Å². The minimum atomic E-state index is 0.642. The first-order valence-corrected chi connectivity index (χ1v) is 11.3. The van der Waals surface area contributed by atoms with Crippen LogP contribution in [-0.2, 0) is 24.2 Å². The van der Waals surface area contributed by atoms with Gasteiger partial charge in [-0.25, -0.2) is 4.99 Å². The molecule has 174 valence electrons. The molecule has 0 amide bonds. The van der Waals surface area contributed by atoms with Crippen molar-refractivity contribution in [2.75, 3.05) is 53.6 Å². The molecular weight excluding hydrogens is 404 g/mol. The summed E-state index contributed by atoms with van der Waals surface area (Å²) in [5.41, 5.74) is 3.72. The van der Waals surface area contributed by atoms with Gasteiger partial charge in [0.2, 0.25) is 0 Å². The number of aliphatic imine (C=N–C) groups is 1. The number of guanidine groups is 1. The molecule has 0 unspecified atom stereocenters. The van der Waals surface area contributed by atoms with Crippen molar-refractivity contribution in [3.8, 4) is 11.5 Å². The SMILES string of the molecule is CCNC(=NCc1ccc(CN2CCOCC2)cc1)NCCc1ccc(OC)c(OC)c1. The first-order valence-electron chi connectivity index (χ1n) is 11.3. The molecule has 2 aromatic carbocycles. The van der Waals surface area contributed by atoms with Crippen molar-refractivity contribution >= 4 is 5.96 Å². The molecular formula is C25H36N4O3. The van der Waals surface area contributed by atoms with Crippen LogP contribution in [0.5, 0.6) is 11.5 Å². The summed E-state index contributed by atoms with van der Waals surface area (Å²) in [6, 6.07) is 14.8. The molecule has 2 N–H and O–H groups in total. The van der Waals surface area contributed by atoms with E-state index in [2.05, 4.69) is 52.8 Å². The number of nitrogens with one attached hydrogen (secondary N) is 2. The Morgan fingerprint density at radius 2 is 1.62 bits per heavy atom. The van der Waals surface area contributed by atoms with E-state index in [1.54, 1.807) is 14.2 Å². The van der Waals surface area contributed by atoms with Gasteiger partial charge >= 0.3 is 0 Å². The van der Waals surface area contributed by atoms with Crippen LogP contribution in [0.4, 0.5) is 0 Å². The molecule has 7 nitrogen and oxygen atoms in total. The lowest BCUT2D eigenvalue weighted by Gasteiger charge is -2.26. The third-order valence-corrected chi connectivity index (χ3v) is 5.45. The fraction of sp³-hybridized carbons (Fsp3) is 0.480. The Kier molecular flexibility index (Phi) is 9.65. The molecule has 32 heavy (non-hydrogen) atoms. The van der Waals surface area contributed by atoms with Crippen LogP contribution in [0.3, 0.4) is 0 Å². The van der Waals surface area contributed by atoms with Crippen molar-refractivity contribution in [3.05, 3.63) is 59.2 Å². The van der Waals surface area contributed by atoms with Crippen LogP contribution in [0.1, 0.15) is 23.6 Å². The molecule has 0 aliphatic carbocycles. The van der Waals surface area contributed by atoms with Crippen LogP contribution < -0.4 is 20.1 Å². The fourth-order valence-electron chi connectivity index (χ4n) is 3.64. The lowest BCUT2D eigenvalue weighted by molar-refractivity contribution is 0.0342. The van der Waals surface area contributed by atoms with Gasteiger partial charge in [0.05, 0.1) is 34.0 Å². The second kappa shape index (κ2) is 12.9. The summed E-state index contributed by atoms with van der Waals surface area (Å²) >= 11 is 0. The molecule has 1 aliphatic heterocycles. The Bertz CT molecular complexity index is 849. The van der Waals surface area contributed by atoms with Crippen LogP contribution in [0, 0.1) is 0 Å². The van der Waals surface area contributed by atoms with Crippen LogP contribution in [-0.4, -0.2) is 64.5 Å². The summed E-state index contributed by atoms with van der Waals surface area (Å²) < 4.78 is 16.1. The summed E-state index contributed by atoms with van der Waals surface area (Å²) in [5.74, 6) is 2.32. The van der Waals surface area contributed by atoms with Gasteiger partial charge in [0.1, 0.15) is 0 Å². The molecule has 2 aromatic rings. The quantitative estimate of drug-likeness (QED) is 0.438. The van der Waals surface area contributed by atoms with Crippen molar-refractivity contribution in [1.82, 2.24) is 15.5 Å². The minimum Gasteiger partial charge on any atom is -0.493 e. The van der Waals surface area contributed by atoms with Crippen molar-refractivity contribution in [2.45, 2.75) is 26.4 Å². The zero-order valence-electron chi connectivity index (χ0n) is 19.5. The van der Waals surface area contributed by atoms with Crippen LogP contribution in [0.15, 0.2) is 47.5 Å². The second-order valence-corrected chi connectivity index (χ2v) is 7.77. The maximum absolute atomic E-state index is 5.42. The van der Waals surface area contributed by atoms with Crippen molar-refractivity contribution in [2.24, 2.45) is 4.99 Å². The predicted molar refractivity (Wildman–Crippen MR) is 129 cm³/mol. The highest BCUT2D eigenvalue weighted by molar-refractivity contribution is 5.79. The van der Waals surface area contributed by atoms with Gasteiger partial charge in [-0.1, -0.05) is 30.3 Å². The van der Waals surface area contributed by atoms with Gasteiger partial charge in [-0.2, -0.15) is 0 Å². The summed E-state index contributed by atoms with van der Waals surface area (Å²) in [6.45, 7) is 8.97. The average molecular weight is 441 g/mol. The standard InChI is InChI=1S/C25H36N4O3/c1-4-26-25(27-12-11-20-9-10-23(30-2)24(17-20)31-3)28-18-21-5-7-22(8-6-21)19-29-13-15-32-16-14-29/h5-10,17H,4,11-16,18-19H2,1-3H3,(H2,26,27,28). The number of benzene rings is 2. The summed E-state index contributed by atoms with van der Waals surface area (Å²) in [7, 11) is 3.31. The monoisotopic (exact) mass is 440 g/mol. The van der Waals surface area contributed by atoms with Crippen molar-refractivity contribution in [3.63, 3.8) is 0 Å². The molecule has 1 heterocycles. The van der Waals surface area contributed by atoms with E-state index in [0.29, 0.717) is 6.54 Å². The smallest absolute Gasteiger partial charge is 0.191 e. The maximum Gasteiger partial charge on any atom is 0.191 e. The Morgan fingerprint density at radius 3 is 2.31 bits per heavy atom. The topological polar surface area (TPSA) is 67.4 Å². The summed E-state index contributed by atoms with van der Waals surface area (Å²) in [6.07, 6.45) is 0.862. The molecule has 7 heteroatoms. The number of methoxy groups -OCH3 is 2. The highest BCUT2D eigenvalue weighted by Gasteiger charge is 2.10. The van der Waals surface area contributed by atoms with Gasteiger partial charge < -0.3 is 24.8 Å². The van der Waals surface area contributed by atoms with Crippen LogP contribution in [0.25, 0.3) is 0 Å². The normalized spacial score (nSPS) is 14.8. The van der Waals surface area contributed by atoms with E-state index in [1.165, 1.54) is 16.7 Å². The predicted octanol–water partition coefficient (Wildman–Crippen LogP) is 2.83. The Balaban J connectivity index is 1.49. The molecule has 1 saturated heterocycles. The van der Waals surface area contributed by atoms with Crippen molar-refractivity contribution in [1.29, 1.82) is 0 Å². The maximum atomic E-state index is 5.42. The summed E-state index contributed by atoms with van der Waals surface area (Å²) in [4.78, 5) is 7.18. The molecule has 0 bridgehead atoms.